The van der Waals surface area contributed by atoms with E-state index in [1.165, 1.54) is 31.3 Å². The van der Waals surface area contributed by atoms with Crippen molar-refractivity contribution in [2.75, 3.05) is 7.05 Å². The lowest BCUT2D eigenvalue weighted by atomic mass is 10.2. The SMILES string of the molecule is CNCc1cn(S(=O)(=O)c2ccc(C(C)=O)o2)c(-c2cccnc2F)c1F. The van der Waals surface area contributed by atoms with Crippen LogP contribution in [0.3, 0.4) is 0 Å². The molecule has 0 amide bonds. The Morgan fingerprint density at radius 3 is 2.63 bits per heavy atom. The van der Waals surface area contributed by atoms with Gasteiger partial charge in [-0.1, -0.05) is 0 Å². The largest absolute Gasteiger partial charge is 0.440 e. The van der Waals surface area contributed by atoms with Gasteiger partial charge >= 0.3 is 10.0 Å². The van der Waals surface area contributed by atoms with Crippen molar-refractivity contribution in [3.63, 3.8) is 0 Å². The summed E-state index contributed by atoms with van der Waals surface area (Å²) in [4.78, 5) is 14.8. The smallest absolute Gasteiger partial charge is 0.301 e. The number of carbonyl (C=O) groups excluding carboxylic acids is 1. The predicted octanol–water partition coefficient (Wildman–Crippen LogP) is 2.58. The molecule has 0 aliphatic rings. The molecular formula is C17H15F2N3O4S. The normalized spacial score (nSPS) is 11.7. The molecule has 10 heteroatoms. The van der Waals surface area contributed by atoms with E-state index in [1.54, 1.807) is 7.05 Å². The van der Waals surface area contributed by atoms with Gasteiger partial charge in [0.1, 0.15) is 5.69 Å². The first kappa shape index (κ1) is 18.9. The molecule has 0 saturated heterocycles. The van der Waals surface area contributed by atoms with Crippen molar-refractivity contribution in [1.82, 2.24) is 14.3 Å². The molecule has 3 heterocycles. The number of pyridine rings is 1. The average Bonchev–Trinajstić information content (AvgIpc) is 3.23. The van der Waals surface area contributed by atoms with Gasteiger partial charge in [-0.25, -0.2) is 13.3 Å². The van der Waals surface area contributed by atoms with Gasteiger partial charge in [-0.2, -0.15) is 12.8 Å². The van der Waals surface area contributed by atoms with E-state index in [9.17, 15) is 22.0 Å². The molecule has 0 bridgehead atoms. The van der Waals surface area contributed by atoms with Crippen LogP contribution in [0.4, 0.5) is 8.78 Å². The van der Waals surface area contributed by atoms with Crippen molar-refractivity contribution in [2.45, 2.75) is 18.6 Å². The second kappa shape index (κ2) is 7.05. The quantitative estimate of drug-likeness (QED) is 0.509. The zero-order valence-electron chi connectivity index (χ0n) is 14.4. The number of nitrogens with one attached hydrogen (secondary N) is 1. The predicted molar refractivity (Wildman–Crippen MR) is 91.6 cm³/mol. The minimum absolute atomic E-state index is 0.0117. The first-order valence-corrected chi connectivity index (χ1v) is 9.23. The van der Waals surface area contributed by atoms with E-state index in [1.807, 2.05) is 0 Å². The molecule has 0 spiro atoms. The van der Waals surface area contributed by atoms with Crippen LogP contribution in [0.15, 0.2) is 46.2 Å². The Kier molecular flexibility index (Phi) is 4.94. The summed E-state index contributed by atoms with van der Waals surface area (Å²) in [6.07, 6.45) is 2.21. The number of rotatable bonds is 6. The van der Waals surface area contributed by atoms with Crippen molar-refractivity contribution in [1.29, 1.82) is 0 Å². The average molecular weight is 395 g/mol. The van der Waals surface area contributed by atoms with Crippen LogP contribution < -0.4 is 5.32 Å². The zero-order chi connectivity index (χ0) is 19.8. The van der Waals surface area contributed by atoms with Gasteiger partial charge in [0.05, 0.1) is 5.56 Å². The van der Waals surface area contributed by atoms with Crippen LogP contribution in [0.2, 0.25) is 0 Å². The third-order valence-corrected chi connectivity index (χ3v) is 5.34. The minimum atomic E-state index is -4.43. The van der Waals surface area contributed by atoms with Crippen LogP contribution in [0.25, 0.3) is 11.3 Å². The summed E-state index contributed by atoms with van der Waals surface area (Å²) in [5, 5.41) is 2.15. The van der Waals surface area contributed by atoms with E-state index >= 15 is 0 Å². The van der Waals surface area contributed by atoms with Crippen LogP contribution >= 0.6 is 0 Å². The lowest BCUT2D eigenvalue weighted by Gasteiger charge is -2.09. The molecule has 3 aromatic rings. The number of hydrogen-bond donors (Lipinski definition) is 1. The fraction of sp³-hybridized carbons (Fsp3) is 0.176. The molecule has 0 radical (unpaired) electrons. The van der Waals surface area contributed by atoms with Gasteiger partial charge < -0.3 is 9.73 Å². The van der Waals surface area contributed by atoms with Crippen molar-refractivity contribution in [3.05, 3.63) is 59.7 Å². The summed E-state index contributed by atoms with van der Waals surface area (Å²) in [5.41, 5.74) is -0.816. The zero-order valence-corrected chi connectivity index (χ0v) is 15.2. The highest BCUT2D eigenvalue weighted by Crippen LogP contribution is 2.32. The molecule has 3 rings (SSSR count). The highest BCUT2D eigenvalue weighted by molar-refractivity contribution is 7.89. The molecule has 0 aromatic carbocycles. The fourth-order valence-corrected chi connectivity index (χ4v) is 3.87. The number of nitrogens with zero attached hydrogens (tertiary/aromatic N) is 2. The van der Waals surface area contributed by atoms with Gasteiger partial charge in [-0.3, -0.25) is 4.79 Å². The molecule has 27 heavy (non-hydrogen) atoms. The van der Waals surface area contributed by atoms with E-state index in [0.717, 1.165) is 12.3 Å². The number of aromatic nitrogens is 2. The van der Waals surface area contributed by atoms with Gasteiger partial charge in [0.2, 0.25) is 11.0 Å². The summed E-state index contributed by atoms with van der Waals surface area (Å²) in [6.45, 7) is 1.23. The molecule has 0 unspecified atom stereocenters. The van der Waals surface area contributed by atoms with Gasteiger partial charge in [-0.05, 0) is 31.3 Å². The van der Waals surface area contributed by atoms with Crippen LogP contribution in [0.5, 0.6) is 0 Å². The van der Waals surface area contributed by atoms with Crippen LogP contribution in [-0.2, 0) is 16.6 Å². The summed E-state index contributed by atoms with van der Waals surface area (Å²) < 4.78 is 60.7. The Labute approximate surface area is 153 Å². The first-order valence-electron chi connectivity index (χ1n) is 7.79. The second-order valence-electron chi connectivity index (χ2n) is 5.66. The molecule has 0 atom stereocenters. The van der Waals surface area contributed by atoms with E-state index in [-0.39, 0.29) is 23.4 Å². The lowest BCUT2D eigenvalue weighted by molar-refractivity contribution is 0.0982. The Balaban J connectivity index is 2.26. The standard InChI is InChI=1S/C17H15F2N3O4S/c1-10(23)13-5-6-14(26-13)27(24,25)22-9-11(8-20-2)15(18)16(22)12-4-3-7-21-17(12)19/h3-7,9,20H,8H2,1-2H3. The fourth-order valence-electron chi connectivity index (χ4n) is 2.56. The monoisotopic (exact) mass is 395 g/mol. The number of furan rings is 1. The van der Waals surface area contributed by atoms with Gasteiger partial charge in [-0.15, -0.1) is 0 Å². The molecule has 142 valence electrons. The topological polar surface area (TPSA) is 94.2 Å². The molecule has 3 aromatic heterocycles. The van der Waals surface area contributed by atoms with Crippen molar-refractivity contribution in [2.24, 2.45) is 0 Å². The summed E-state index contributed by atoms with van der Waals surface area (Å²) in [6, 6.07) is 4.87. The van der Waals surface area contributed by atoms with E-state index in [0.29, 0.717) is 3.97 Å². The number of ketones is 1. The van der Waals surface area contributed by atoms with E-state index < -0.39 is 38.4 Å². The molecule has 7 nitrogen and oxygen atoms in total. The Bertz CT molecular complexity index is 1120. The van der Waals surface area contributed by atoms with Gasteiger partial charge in [0, 0.05) is 31.4 Å². The highest BCUT2D eigenvalue weighted by Gasteiger charge is 2.30. The maximum absolute atomic E-state index is 14.9. The first-order chi connectivity index (χ1) is 12.8. The molecule has 0 aliphatic carbocycles. The second-order valence-corrected chi connectivity index (χ2v) is 7.41. The number of carbonyl (C=O) groups is 1. The maximum Gasteiger partial charge on any atom is 0.301 e. The van der Waals surface area contributed by atoms with Gasteiger partial charge in [0.15, 0.2) is 17.4 Å². The minimum Gasteiger partial charge on any atom is -0.440 e. The number of hydrogen-bond acceptors (Lipinski definition) is 6. The molecule has 1 N–H and O–H groups in total. The molecule has 0 aliphatic heterocycles. The highest BCUT2D eigenvalue weighted by atomic mass is 32.2. The number of Topliss-reactive ketones (excluding diaryl/α,β-unsaturated/α-hetero) is 1. The van der Waals surface area contributed by atoms with Crippen molar-refractivity contribution >= 4 is 15.8 Å². The number of halogens is 2. The van der Waals surface area contributed by atoms with Gasteiger partial charge in [0.25, 0.3) is 0 Å². The Hall–Kier alpha value is -2.85. The Morgan fingerprint density at radius 2 is 2.04 bits per heavy atom. The lowest BCUT2D eigenvalue weighted by Crippen LogP contribution is -2.13. The summed E-state index contributed by atoms with van der Waals surface area (Å²) in [7, 11) is -2.87. The third-order valence-electron chi connectivity index (χ3n) is 3.81. The summed E-state index contributed by atoms with van der Waals surface area (Å²) >= 11 is 0. The maximum atomic E-state index is 14.9. The van der Waals surface area contributed by atoms with E-state index in [2.05, 4.69) is 10.3 Å². The van der Waals surface area contributed by atoms with Crippen LogP contribution in [-0.4, -0.2) is 30.2 Å². The van der Waals surface area contributed by atoms with Crippen LogP contribution in [0, 0.1) is 11.8 Å². The molecule has 0 saturated carbocycles. The van der Waals surface area contributed by atoms with Crippen LogP contribution in [0.1, 0.15) is 23.0 Å². The van der Waals surface area contributed by atoms with Crippen molar-refractivity contribution < 1.29 is 26.4 Å². The van der Waals surface area contributed by atoms with Crippen molar-refractivity contribution in [3.8, 4) is 11.3 Å². The molecular weight excluding hydrogens is 380 g/mol. The summed E-state index contributed by atoms with van der Waals surface area (Å²) in [5.74, 6) is -2.56. The Morgan fingerprint density at radius 1 is 1.30 bits per heavy atom. The molecule has 0 fully saturated rings. The van der Waals surface area contributed by atoms with E-state index in [4.69, 9.17) is 4.42 Å². The third kappa shape index (κ3) is 3.28.